The van der Waals surface area contributed by atoms with Crippen LogP contribution in [0, 0.1) is 12.3 Å². The molecule has 58 valence electrons. The molecule has 2 nitrogen and oxygen atoms in total. The average Bonchev–Trinajstić information content (AvgIpc) is 2.46. The molecule has 0 aromatic rings. The van der Waals surface area contributed by atoms with E-state index in [1.165, 1.54) is 25.9 Å². The van der Waals surface area contributed by atoms with Gasteiger partial charge in [0.15, 0.2) is 0 Å². The Morgan fingerprint density at radius 1 is 1.40 bits per heavy atom. The third-order valence-electron chi connectivity index (χ3n) is 1.51. The highest BCUT2D eigenvalue weighted by Crippen LogP contribution is 2.04. The SMILES string of the molecule is C#CCN1CCCC1.CO. The summed E-state index contributed by atoms with van der Waals surface area (Å²) in [6.45, 7) is 3.27. The molecule has 1 fully saturated rings. The molecule has 1 heterocycles. The molecular formula is C8H15NO. The van der Waals surface area contributed by atoms with Crippen LogP contribution < -0.4 is 0 Å². The minimum Gasteiger partial charge on any atom is -0.400 e. The van der Waals surface area contributed by atoms with Crippen molar-refractivity contribution in [2.45, 2.75) is 12.8 Å². The van der Waals surface area contributed by atoms with Crippen LogP contribution in [0.3, 0.4) is 0 Å². The Kier molecular flexibility index (Phi) is 6.25. The van der Waals surface area contributed by atoms with E-state index in [1.54, 1.807) is 0 Å². The lowest BCUT2D eigenvalue weighted by molar-refractivity contribution is 0.383. The van der Waals surface area contributed by atoms with Crippen LogP contribution in [0.5, 0.6) is 0 Å². The second-order valence-electron chi connectivity index (χ2n) is 2.19. The first-order chi connectivity index (χ1) is 4.93. The summed E-state index contributed by atoms with van der Waals surface area (Å²) in [5.41, 5.74) is 0. The van der Waals surface area contributed by atoms with Crippen LogP contribution in [0.1, 0.15) is 12.8 Å². The van der Waals surface area contributed by atoms with Gasteiger partial charge in [-0.25, -0.2) is 0 Å². The van der Waals surface area contributed by atoms with Crippen molar-refractivity contribution in [1.82, 2.24) is 4.90 Å². The van der Waals surface area contributed by atoms with Crippen LogP contribution in [0.25, 0.3) is 0 Å². The molecular weight excluding hydrogens is 126 g/mol. The molecule has 10 heavy (non-hydrogen) atoms. The lowest BCUT2D eigenvalue weighted by Crippen LogP contribution is -2.18. The Balaban J connectivity index is 0.000000371. The summed E-state index contributed by atoms with van der Waals surface area (Å²) in [7, 11) is 1.00. The molecule has 0 atom stereocenters. The zero-order valence-corrected chi connectivity index (χ0v) is 6.51. The lowest BCUT2D eigenvalue weighted by Gasteiger charge is -2.07. The molecule has 0 radical (unpaired) electrons. The summed E-state index contributed by atoms with van der Waals surface area (Å²) >= 11 is 0. The van der Waals surface area contributed by atoms with E-state index in [0.717, 1.165) is 13.7 Å². The Morgan fingerprint density at radius 2 is 1.90 bits per heavy atom. The minimum absolute atomic E-state index is 0.847. The highest BCUT2D eigenvalue weighted by atomic mass is 16.2. The minimum atomic E-state index is 0.847. The Hall–Kier alpha value is -0.520. The number of rotatable bonds is 1. The zero-order chi connectivity index (χ0) is 7.82. The van der Waals surface area contributed by atoms with Crippen LogP contribution in [0.15, 0.2) is 0 Å². The number of hydrogen-bond donors (Lipinski definition) is 1. The molecule has 0 aliphatic carbocycles. The molecule has 1 saturated heterocycles. The molecule has 0 saturated carbocycles. The molecule has 0 amide bonds. The standard InChI is InChI=1S/C7H11N.CH4O/c1-2-5-8-6-3-4-7-8;1-2/h1H,3-7H2;2H,1H3. The Labute approximate surface area is 62.8 Å². The van der Waals surface area contributed by atoms with E-state index < -0.39 is 0 Å². The van der Waals surface area contributed by atoms with E-state index in [-0.39, 0.29) is 0 Å². The number of nitrogens with zero attached hydrogens (tertiary/aromatic N) is 1. The van der Waals surface area contributed by atoms with Crippen molar-refractivity contribution in [1.29, 1.82) is 0 Å². The molecule has 1 N–H and O–H groups in total. The fourth-order valence-electron chi connectivity index (χ4n) is 1.07. The smallest absolute Gasteiger partial charge is 0.0598 e. The maximum Gasteiger partial charge on any atom is 0.0598 e. The van der Waals surface area contributed by atoms with Crippen molar-refractivity contribution in [3.8, 4) is 12.3 Å². The molecule has 0 bridgehead atoms. The van der Waals surface area contributed by atoms with Crippen molar-refractivity contribution >= 4 is 0 Å². The van der Waals surface area contributed by atoms with Crippen molar-refractivity contribution in [2.75, 3.05) is 26.7 Å². The maximum absolute atomic E-state index is 7.00. The first kappa shape index (κ1) is 9.48. The van der Waals surface area contributed by atoms with Gasteiger partial charge in [0.25, 0.3) is 0 Å². The first-order valence-corrected chi connectivity index (χ1v) is 3.54. The second kappa shape index (κ2) is 6.60. The van der Waals surface area contributed by atoms with Gasteiger partial charge in [-0.05, 0) is 25.9 Å². The summed E-state index contributed by atoms with van der Waals surface area (Å²) in [6, 6.07) is 0. The van der Waals surface area contributed by atoms with Gasteiger partial charge in [-0.15, -0.1) is 6.42 Å². The van der Waals surface area contributed by atoms with Crippen LogP contribution in [0.2, 0.25) is 0 Å². The quantitative estimate of drug-likeness (QED) is 0.532. The number of hydrogen-bond acceptors (Lipinski definition) is 2. The van der Waals surface area contributed by atoms with E-state index in [0.29, 0.717) is 0 Å². The number of aliphatic hydroxyl groups excluding tert-OH is 1. The van der Waals surface area contributed by atoms with Gasteiger partial charge in [0.2, 0.25) is 0 Å². The summed E-state index contributed by atoms with van der Waals surface area (Å²) < 4.78 is 0. The Bertz CT molecular complexity index is 100. The second-order valence-corrected chi connectivity index (χ2v) is 2.19. The summed E-state index contributed by atoms with van der Waals surface area (Å²) in [5.74, 6) is 2.64. The predicted octanol–water partition coefficient (Wildman–Crippen LogP) is 0.324. The van der Waals surface area contributed by atoms with Gasteiger partial charge in [-0.2, -0.15) is 0 Å². The van der Waals surface area contributed by atoms with E-state index in [2.05, 4.69) is 10.8 Å². The van der Waals surface area contributed by atoms with Gasteiger partial charge >= 0.3 is 0 Å². The lowest BCUT2D eigenvalue weighted by atomic mass is 10.4. The third-order valence-corrected chi connectivity index (χ3v) is 1.51. The fraction of sp³-hybridized carbons (Fsp3) is 0.750. The van der Waals surface area contributed by atoms with Gasteiger partial charge in [0.05, 0.1) is 6.54 Å². The highest BCUT2D eigenvalue weighted by Gasteiger charge is 2.08. The first-order valence-electron chi connectivity index (χ1n) is 3.54. The van der Waals surface area contributed by atoms with Crippen LogP contribution in [-0.4, -0.2) is 36.8 Å². The van der Waals surface area contributed by atoms with Gasteiger partial charge in [-0.1, -0.05) is 5.92 Å². The van der Waals surface area contributed by atoms with E-state index in [4.69, 9.17) is 11.5 Å². The summed E-state index contributed by atoms with van der Waals surface area (Å²) in [4.78, 5) is 2.31. The zero-order valence-electron chi connectivity index (χ0n) is 6.51. The van der Waals surface area contributed by atoms with Crippen LogP contribution in [-0.2, 0) is 0 Å². The van der Waals surface area contributed by atoms with Gasteiger partial charge < -0.3 is 5.11 Å². The van der Waals surface area contributed by atoms with Crippen LogP contribution in [0.4, 0.5) is 0 Å². The molecule has 0 spiro atoms. The van der Waals surface area contributed by atoms with Crippen LogP contribution >= 0.6 is 0 Å². The third kappa shape index (κ3) is 3.49. The van der Waals surface area contributed by atoms with Crippen molar-refractivity contribution in [3.05, 3.63) is 0 Å². The number of likely N-dealkylation sites (tertiary alicyclic amines) is 1. The molecule has 0 aromatic carbocycles. The van der Waals surface area contributed by atoms with Crippen molar-refractivity contribution < 1.29 is 5.11 Å². The molecule has 1 aliphatic heterocycles. The normalized spacial score (nSPS) is 17.3. The van der Waals surface area contributed by atoms with Crippen molar-refractivity contribution in [2.24, 2.45) is 0 Å². The topological polar surface area (TPSA) is 23.5 Å². The predicted molar refractivity (Wildman–Crippen MR) is 42.6 cm³/mol. The largest absolute Gasteiger partial charge is 0.400 e. The highest BCUT2D eigenvalue weighted by molar-refractivity contribution is 4.89. The van der Waals surface area contributed by atoms with Gasteiger partial charge in [0, 0.05) is 7.11 Å². The summed E-state index contributed by atoms with van der Waals surface area (Å²) in [6.07, 6.45) is 7.79. The van der Waals surface area contributed by atoms with Gasteiger partial charge in [0.1, 0.15) is 0 Å². The monoisotopic (exact) mass is 141 g/mol. The van der Waals surface area contributed by atoms with E-state index >= 15 is 0 Å². The molecule has 1 rings (SSSR count). The number of terminal acetylenes is 1. The fourth-order valence-corrected chi connectivity index (χ4v) is 1.07. The average molecular weight is 141 g/mol. The molecule has 0 aromatic heterocycles. The molecule has 2 heteroatoms. The number of aliphatic hydroxyl groups is 1. The summed E-state index contributed by atoms with van der Waals surface area (Å²) in [5, 5.41) is 7.00. The molecule has 0 unspecified atom stereocenters. The van der Waals surface area contributed by atoms with E-state index in [1.807, 2.05) is 0 Å². The molecule has 1 aliphatic rings. The van der Waals surface area contributed by atoms with Crippen molar-refractivity contribution in [3.63, 3.8) is 0 Å². The Morgan fingerprint density at radius 3 is 2.30 bits per heavy atom. The van der Waals surface area contributed by atoms with E-state index in [9.17, 15) is 0 Å². The maximum atomic E-state index is 7.00. The van der Waals surface area contributed by atoms with Gasteiger partial charge in [-0.3, -0.25) is 4.90 Å².